The van der Waals surface area contributed by atoms with Crippen LogP contribution in [-0.4, -0.2) is 11.8 Å². The molecular formula is C8H13NO. The second-order valence-corrected chi connectivity index (χ2v) is 2.88. The van der Waals surface area contributed by atoms with Gasteiger partial charge in [0.25, 0.3) is 0 Å². The molecule has 0 saturated heterocycles. The number of rotatable bonds is 1. The molecule has 1 aliphatic rings. The van der Waals surface area contributed by atoms with Crippen LogP contribution in [0.5, 0.6) is 0 Å². The number of oxime groups is 1. The van der Waals surface area contributed by atoms with Gasteiger partial charge in [-0.05, 0) is 31.9 Å². The van der Waals surface area contributed by atoms with E-state index < -0.39 is 0 Å². The van der Waals surface area contributed by atoms with Crippen molar-refractivity contribution < 1.29 is 4.84 Å². The zero-order chi connectivity index (χ0) is 7.61. The van der Waals surface area contributed by atoms with Crippen LogP contribution in [0.1, 0.15) is 27.2 Å². The highest BCUT2D eigenvalue weighted by Crippen LogP contribution is 2.21. The lowest BCUT2D eigenvalue weighted by atomic mass is 10.0. The van der Waals surface area contributed by atoms with Gasteiger partial charge in [0.05, 0.1) is 6.21 Å². The van der Waals surface area contributed by atoms with E-state index in [0.29, 0.717) is 0 Å². The van der Waals surface area contributed by atoms with Crippen LogP contribution < -0.4 is 0 Å². The lowest BCUT2D eigenvalue weighted by Crippen LogP contribution is -2.25. The minimum atomic E-state index is -0.168. The maximum atomic E-state index is 5.18. The summed E-state index contributed by atoms with van der Waals surface area (Å²) in [4.78, 5) is 5.18. The van der Waals surface area contributed by atoms with Crippen molar-refractivity contribution in [2.75, 3.05) is 0 Å². The summed E-state index contributed by atoms with van der Waals surface area (Å²) < 4.78 is 0. The summed E-state index contributed by atoms with van der Waals surface area (Å²) in [6.45, 7) is 6.15. The molecule has 0 aliphatic carbocycles. The molecule has 1 heterocycles. The lowest BCUT2D eigenvalue weighted by molar-refractivity contribution is 0.00433. The van der Waals surface area contributed by atoms with Gasteiger partial charge >= 0.3 is 0 Å². The van der Waals surface area contributed by atoms with Crippen molar-refractivity contribution in [2.45, 2.75) is 32.8 Å². The van der Waals surface area contributed by atoms with Crippen LogP contribution in [0.2, 0.25) is 0 Å². The molecule has 1 unspecified atom stereocenters. The third kappa shape index (κ3) is 1.38. The van der Waals surface area contributed by atoms with Crippen molar-refractivity contribution in [1.29, 1.82) is 0 Å². The Hall–Kier alpha value is -0.790. The normalized spacial score (nSPS) is 31.3. The van der Waals surface area contributed by atoms with Crippen molar-refractivity contribution in [3.05, 3.63) is 11.6 Å². The summed E-state index contributed by atoms with van der Waals surface area (Å²) >= 11 is 0. The molecule has 0 aromatic heterocycles. The molecule has 2 nitrogen and oxygen atoms in total. The van der Waals surface area contributed by atoms with E-state index in [4.69, 9.17) is 4.84 Å². The van der Waals surface area contributed by atoms with Crippen LogP contribution in [0, 0.1) is 0 Å². The van der Waals surface area contributed by atoms with E-state index in [1.165, 1.54) is 5.57 Å². The zero-order valence-electron chi connectivity index (χ0n) is 6.72. The SMILES string of the molecule is CCC1(C)C=C(C)C=NO1. The van der Waals surface area contributed by atoms with Gasteiger partial charge in [0.15, 0.2) is 5.60 Å². The van der Waals surface area contributed by atoms with Crippen LogP contribution in [-0.2, 0) is 4.84 Å². The van der Waals surface area contributed by atoms with Crippen LogP contribution >= 0.6 is 0 Å². The van der Waals surface area contributed by atoms with E-state index in [1.807, 2.05) is 13.8 Å². The predicted octanol–water partition coefficient (Wildman–Crippen LogP) is 2.12. The van der Waals surface area contributed by atoms with Gasteiger partial charge in [-0.15, -0.1) is 0 Å². The Morgan fingerprint density at radius 3 is 2.80 bits per heavy atom. The molecule has 1 atom stereocenters. The van der Waals surface area contributed by atoms with E-state index in [0.717, 1.165) is 6.42 Å². The maximum Gasteiger partial charge on any atom is 0.153 e. The number of allylic oxidation sites excluding steroid dienone is 1. The van der Waals surface area contributed by atoms with Crippen LogP contribution in [0.15, 0.2) is 16.8 Å². The van der Waals surface area contributed by atoms with Gasteiger partial charge in [-0.3, -0.25) is 0 Å². The highest BCUT2D eigenvalue weighted by molar-refractivity contribution is 5.78. The molecule has 0 N–H and O–H groups in total. The number of nitrogens with zero attached hydrogens (tertiary/aromatic N) is 1. The largest absolute Gasteiger partial charge is 0.385 e. The zero-order valence-corrected chi connectivity index (χ0v) is 6.72. The summed E-state index contributed by atoms with van der Waals surface area (Å²) in [6.07, 6.45) is 4.79. The summed E-state index contributed by atoms with van der Waals surface area (Å²) in [7, 11) is 0. The fourth-order valence-corrected chi connectivity index (χ4v) is 0.942. The molecule has 0 radical (unpaired) electrons. The molecule has 0 fully saturated rings. The average molecular weight is 139 g/mol. The highest BCUT2D eigenvalue weighted by atomic mass is 16.6. The lowest BCUT2D eigenvalue weighted by Gasteiger charge is -2.24. The van der Waals surface area contributed by atoms with Gasteiger partial charge in [-0.1, -0.05) is 12.1 Å². The van der Waals surface area contributed by atoms with Crippen molar-refractivity contribution in [2.24, 2.45) is 5.16 Å². The summed E-state index contributed by atoms with van der Waals surface area (Å²) in [5, 5.41) is 3.79. The first-order valence-corrected chi connectivity index (χ1v) is 3.57. The monoisotopic (exact) mass is 139 g/mol. The topological polar surface area (TPSA) is 21.6 Å². The van der Waals surface area contributed by atoms with Crippen molar-refractivity contribution in [3.63, 3.8) is 0 Å². The molecule has 0 spiro atoms. The van der Waals surface area contributed by atoms with E-state index in [9.17, 15) is 0 Å². The van der Waals surface area contributed by atoms with E-state index in [1.54, 1.807) is 6.21 Å². The Kier molecular flexibility index (Phi) is 1.79. The van der Waals surface area contributed by atoms with Gasteiger partial charge in [-0.2, -0.15) is 0 Å². The Balaban J connectivity index is 2.76. The van der Waals surface area contributed by atoms with Gasteiger partial charge in [0, 0.05) is 0 Å². The summed E-state index contributed by atoms with van der Waals surface area (Å²) in [6, 6.07) is 0. The molecule has 0 amide bonds. The average Bonchev–Trinajstić information content (AvgIpc) is 1.88. The van der Waals surface area contributed by atoms with Crippen LogP contribution in [0.25, 0.3) is 0 Å². The van der Waals surface area contributed by atoms with E-state index >= 15 is 0 Å². The fourth-order valence-electron chi connectivity index (χ4n) is 0.942. The quantitative estimate of drug-likeness (QED) is 0.545. The Morgan fingerprint density at radius 2 is 2.40 bits per heavy atom. The minimum Gasteiger partial charge on any atom is -0.385 e. The number of hydrogen-bond donors (Lipinski definition) is 0. The first-order valence-electron chi connectivity index (χ1n) is 3.57. The van der Waals surface area contributed by atoms with Gasteiger partial charge in [0.2, 0.25) is 0 Å². The number of hydrogen-bond acceptors (Lipinski definition) is 2. The van der Waals surface area contributed by atoms with Crippen molar-refractivity contribution >= 4 is 6.21 Å². The molecule has 0 aromatic rings. The van der Waals surface area contributed by atoms with Crippen molar-refractivity contribution in [3.8, 4) is 0 Å². The standard InChI is InChI=1S/C8H13NO/c1-4-8(3)5-7(2)6-9-10-8/h5-6H,4H2,1-3H3. The molecule has 56 valence electrons. The molecule has 0 saturated carbocycles. The van der Waals surface area contributed by atoms with Gasteiger partial charge in [-0.25, -0.2) is 0 Å². The molecule has 0 aromatic carbocycles. The Morgan fingerprint density at radius 1 is 1.70 bits per heavy atom. The third-order valence-corrected chi connectivity index (χ3v) is 1.75. The van der Waals surface area contributed by atoms with E-state index in [-0.39, 0.29) is 5.60 Å². The Bertz CT molecular complexity index is 184. The van der Waals surface area contributed by atoms with Gasteiger partial charge < -0.3 is 4.84 Å². The smallest absolute Gasteiger partial charge is 0.153 e. The first-order chi connectivity index (χ1) is 4.66. The molecular weight excluding hydrogens is 126 g/mol. The van der Waals surface area contributed by atoms with E-state index in [2.05, 4.69) is 18.2 Å². The maximum absolute atomic E-state index is 5.18. The molecule has 2 heteroatoms. The minimum absolute atomic E-state index is 0.168. The molecule has 1 aliphatic heterocycles. The van der Waals surface area contributed by atoms with Gasteiger partial charge in [0.1, 0.15) is 0 Å². The fraction of sp³-hybridized carbons (Fsp3) is 0.625. The van der Waals surface area contributed by atoms with Crippen molar-refractivity contribution in [1.82, 2.24) is 0 Å². The molecule has 0 bridgehead atoms. The summed E-state index contributed by atoms with van der Waals surface area (Å²) in [5.74, 6) is 0. The molecule has 10 heavy (non-hydrogen) atoms. The van der Waals surface area contributed by atoms with Crippen LogP contribution in [0.4, 0.5) is 0 Å². The third-order valence-electron chi connectivity index (χ3n) is 1.75. The van der Waals surface area contributed by atoms with Crippen LogP contribution in [0.3, 0.4) is 0 Å². The second kappa shape index (κ2) is 2.45. The first kappa shape index (κ1) is 7.32. The molecule has 1 rings (SSSR count). The predicted molar refractivity (Wildman–Crippen MR) is 42.0 cm³/mol. The second-order valence-electron chi connectivity index (χ2n) is 2.88. The Labute approximate surface area is 61.6 Å². The highest BCUT2D eigenvalue weighted by Gasteiger charge is 2.22. The summed E-state index contributed by atoms with van der Waals surface area (Å²) in [5.41, 5.74) is 1.01.